The molecule has 1 N–H and O–H groups in total. The third-order valence-corrected chi connectivity index (χ3v) is 2.98. The molecule has 1 heterocycles. The molecule has 0 spiro atoms. The first-order chi connectivity index (χ1) is 8.99. The second kappa shape index (κ2) is 5.11. The molecule has 0 saturated heterocycles. The Balaban J connectivity index is 2.42. The summed E-state index contributed by atoms with van der Waals surface area (Å²) < 4.78 is 1.29. The van der Waals surface area contributed by atoms with E-state index in [-0.39, 0.29) is 17.9 Å². The number of halogens is 1. The lowest BCUT2D eigenvalue weighted by Gasteiger charge is -2.07. The normalized spacial score (nSPS) is 10.4. The van der Waals surface area contributed by atoms with Crippen LogP contribution >= 0.6 is 11.6 Å². The predicted molar refractivity (Wildman–Crippen MR) is 68.6 cm³/mol. The summed E-state index contributed by atoms with van der Waals surface area (Å²) in [5.74, 6) is -1.22. The Kier molecular flexibility index (Phi) is 3.52. The molecule has 1 aromatic carbocycles. The van der Waals surface area contributed by atoms with Crippen molar-refractivity contribution in [1.82, 2.24) is 4.57 Å². The van der Waals surface area contributed by atoms with Crippen molar-refractivity contribution in [3.05, 3.63) is 62.9 Å². The van der Waals surface area contributed by atoms with E-state index in [1.165, 1.54) is 10.8 Å². The number of carboxylic acid groups (broad SMARTS) is 1. The fourth-order valence-electron chi connectivity index (χ4n) is 1.71. The van der Waals surface area contributed by atoms with Crippen LogP contribution in [0.25, 0.3) is 0 Å². The van der Waals surface area contributed by atoms with Crippen molar-refractivity contribution in [2.24, 2.45) is 0 Å². The van der Waals surface area contributed by atoms with Gasteiger partial charge >= 0.3 is 5.97 Å². The van der Waals surface area contributed by atoms with E-state index < -0.39 is 10.9 Å². The molecule has 98 valence electrons. The molecular formula is C12H9ClN2O4. The Bertz CT molecular complexity index is 651. The summed E-state index contributed by atoms with van der Waals surface area (Å²) in [4.78, 5) is 21.1. The quantitative estimate of drug-likeness (QED) is 0.689. The Hall–Kier alpha value is -2.34. The molecule has 2 rings (SSSR count). The van der Waals surface area contributed by atoms with Crippen molar-refractivity contribution >= 4 is 23.3 Å². The topological polar surface area (TPSA) is 85.4 Å². The van der Waals surface area contributed by atoms with E-state index in [9.17, 15) is 14.9 Å². The SMILES string of the molecule is O=C(O)c1cc([N+](=O)[O-])cn1Cc1ccccc1Cl. The highest BCUT2D eigenvalue weighted by Crippen LogP contribution is 2.21. The summed E-state index contributed by atoms with van der Waals surface area (Å²) in [6, 6.07) is 7.95. The van der Waals surface area contributed by atoms with Crippen LogP contribution in [0.15, 0.2) is 36.5 Å². The summed E-state index contributed by atoms with van der Waals surface area (Å²) in [5.41, 5.74) is 0.285. The molecule has 0 bridgehead atoms. The van der Waals surface area contributed by atoms with Gasteiger partial charge in [-0.2, -0.15) is 0 Å². The minimum absolute atomic E-state index is 0.147. The van der Waals surface area contributed by atoms with Gasteiger partial charge in [-0.25, -0.2) is 4.79 Å². The lowest BCUT2D eigenvalue weighted by Crippen LogP contribution is -2.08. The van der Waals surface area contributed by atoms with Gasteiger partial charge in [-0.3, -0.25) is 10.1 Å². The van der Waals surface area contributed by atoms with Crippen LogP contribution in [0.4, 0.5) is 5.69 Å². The number of nitrogens with zero attached hydrogens (tertiary/aromatic N) is 2. The molecule has 0 amide bonds. The molecule has 0 aliphatic heterocycles. The molecule has 6 nitrogen and oxygen atoms in total. The highest BCUT2D eigenvalue weighted by molar-refractivity contribution is 6.31. The molecule has 0 fully saturated rings. The van der Waals surface area contributed by atoms with E-state index in [0.717, 1.165) is 6.07 Å². The van der Waals surface area contributed by atoms with Gasteiger partial charge in [0.15, 0.2) is 0 Å². The zero-order valence-electron chi connectivity index (χ0n) is 9.62. The molecule has 2 aromatic rings. The summed E-state index contributed by atoms with van der Waals surface area (Å²) in [5, 5.41) is 20.2. The molecular weight excluding hydrogens is 272 g/mol. The van der Waals surface area contributed by atoms with Gasteiger partial charge in [0.2, 0.25) is 0 Å². The fraction of sp³-hybridized carbons (Fsp3) is 0.0833. The molecule has 0 saturated carbocycles. The van der Waals surface area contributed by atoms with Crippen LogP contribution in [0, 0.1) is 10.1 Å². The third kappa shape index (κ3) is 2.74. The van der Waals surface area contributed by atoms with Crippen molar-refractivity contribution in [3.8, 4) is 0 Å². The minimum atomic E-state index is -1.22. The van der Waals surface area contributed by atoms with Gasteiger partial charge in [0.05, 0.1) is 11.1 Å². The van der Waals surface area contributed by atoms with Gasteiger partial charge in [0.25, 0.3) is 5.69 Å². The Morgan fingerprint density at radius 3 is 2.68 bits per heavy atom. The van der Waals surface area contributed by atoms with Gasteiger partial charge < -0.3 is 9.67 Å². The van der Waals surface area contributed by atoms with Crippen molar-refractivity contribution in [2.45, 2.75) is 6.54 Å². The standard InChI is InChI=1S/C12H9ClN2O4/c13-10-4-2-1-3-8(10)6-14-7-9(15(18)19)5-11(14)12(16)17/h1-5,7H,6H2,(H,16,17). The van der Waals surface area contributed by atoms with Crippen molar-refractivity contribution in [2.75, 3.05) is 0 Å². The van der Waals surface area contributed by atoms with E-state index in [2.05, 4.69) is 0 Å². The Morgan fingerprint density at radius 1 is 1.42 bits per heavy atom. The van der Waals surface area contributed by atoms with Gasteiger partial charge in [-0.15, -0.1) is 0 Å². The number of hydrogen-bond donors (Lipinski definition) is 1. The van der Waals surface area contributed by atoms with Crippen LogP contribution in [-0.4, -0.2) is 20.6 Å². The highest BCUT2D eigenvalue weighted by atomic mass is 35.5. The first kappa shape index (κ1) is 13.1. The van der Waals surface area contributed by atoms with Gasteiger partial charge in [-0.1, -0.05) is 29.8 Å². The van der Waals surface area contributed by atoms with Gasteiger partial charge in [0, 0.05) is 17.6 Å². The Morgan fingerprint density at radius 2 is 2.11 bits per heavy atom. The monoisotopic (exact) mass is 280 g/mol. The molecule has 1 aromatic heterocycles. The number of aromatic carboxylic acids is 1. The summed E-state index contributed by atoms with van der Waals surface area (Å²) in [6.45, 7) is 0.162. The van der Waals surface area contributed by atoms with E-state index in [0.29, 0.717) is 10.6 Å². The maximum absolute atomic E-state index is 11.1. The molecule has 19 heavy (non-hydrogen) atoms. The number of nitro groups is 1. The predicted octanol–water partition coefficient (Wildman–Crippen LogP) is 2.80. The van der Waals surface area contributed by atoms with Crippen LogP contribution in [0.1, 0.15) is 16.1 Å². The summed E-state index contributed by atoms with van der Waals surface area (Å²) in [7, 11) is 0. The number of carboxylic acids is 1. The van der Waals surface area contributed by atoms with Crippen LogP contribution in [0.5, 0.6) is 0 Å². The van der Waals surface area contributed by atoms with E-state index in [1.54, 1.807) is 24.3 Å². The zero-order chi connectivity index (χ0) is 14.0. The highest BCUT2D eigenvalue weighted by Gasteiger charge is 2.19. The van der Waals surface area contributed by atoms with E-state index in [4.69, 9.17) is 16.7 Å². The van der Waals surface area contributed by atoms with Crippen molar-refractivity contribution in [3.63, 3.8) is 0 Å². The molecule has 0 aliphatic carbocycles. The lowest BCUT2D eigenvalue weighted by molar-refractivity contribution is -0.384. The smallest absolute Gasteiger partial charge is 0.352 e. The van der Waals surface area contributed by atoms with Crippen molar-refractivity contribution < 1.29 is 14.8 Å². The molecule has 0 unspecified atom stereocenters. The minimum Gasteiger partial charge on any atom is -0.477 e. The average Bonchev–Trinajstić information content (AvgIpc) is 2.76. The fourth-order valence-corrected chi connectivity index (χ4v) is 1.91. The van der Waals surface area contributed by atoms with Crippen molar-refractivity contribution in [1.29, 1.82) is 0 Å². The number of benzene rings is 1. The van der Waals surface area contributed by atoms with Crippen LogP contribution in [0.3, 0.4) is 0 Å². The van der Waals surface area contributed by atoms with E-state index in [1.807, 2.05) is 0 Å². The number of carbonyl (C=O) groups is 1. The maximum atomic E-state index is 11.1. The maximum Gasteiger partial charge on any atom is 0.352 e. The number of aromatic nitrogens is 1. The second-order valence-electron chi connectivity index (χ2n) is 3.87. The number of hydrogen-bond acceptors (Lipinski definition) is 3. The lowest BCUT2D eigenvalue weighted by atomic mass is 10.2. The molecule has 0 aliphatic rings. The van der Waals surface area contributed by atoms with Gasteiger partial charge in [-0.05, 0) is 11.6 Å². The average molecular weight is 281 g/mol. The third-order valence-electron chi connectivity index (χ3n) is 2.61. The zero-order valence-corrected chi connectivity index (χ0v) is 10.4. The van der Waals surface area contributed by atoms with Crippen LogP contribution in [-0.2, 0) is 6.54 Å². The van der Waals surface area contributed by atoms with Gasteiger partial charge in [0.1, 0.15) is 5.69 Å². The first-order valence-electron chi connectivity index (χ1n) is 5.30. The summed E-state index contributed by atoms with van der Waals surface area (Å²) in [6.07, 6.45) is 1.19. The first-order valence-corrected chi connectivity index (χ1v) is 5.68. The molecule has 7 heteroatoms. The molecule has 0 atom stereocenters. The summed E-state index contributed by atoms with van der Waals surface area (Å²) >= 11 is 5.98. The number of rotatable bonds is 4. The largest absolute Gasteiger partial charge is 0.477 e. The van der Waals surface area contributed by atoms with E-state index >= 15 is 0 Å². The second-order valence-corrected chi connectivity index (χ2v) is 4.27. The Labute approximate surface area is 113 Å². The van der Waals surface area contributed by atoms with Crippen LogP contribution < -0.4 is 0 Å². The molecule has 0 radical (unpaired) electrons. The van der Waals surface area contributed by atoms with Crippen LogP contribution in [0.2, 0.25) is 5.02 Å².